The zero-order valence-corrected chi connectivity index (χ0v) is 18.3. The first-order chi connectivity index (χ1) is 15.6. The molecule has 1 unspecified atom stereocenters. The van der Waals surface area contributed by atoms with Gasteiger partial charge < -0.3 is 0 Å². The van der Waals surface area contributed by atoms with Crippen LogP contribution in [0.5, 0.6) is 0 Å². The predicted molar refractivity (Wildman–Crippen MR) is 115 cm³/mol. The lowest BCUT2D eigenvalue weighted by Crippen LogP contribution is -2.54. The Morgan fingerprint density at radius 3 is 2.33 bits per heavy atom. The fraction of sp³-hybridized carbons (Fsp3) is 0.227. The number of anilines is 1. The summed E-state index contributed by atoms with van der Waals surface area (Å²) >= 11 is 0. The molecule has 4 rings (SSSR count). The SMILES string of the molecule is CC(=O)Cc1ccc(S(=O)(=O)Nc2ccc3c(c2)C(=O)N(C2CCC(=O)NC2=O)C3=O)cc1. The van der Waals surface area contributed by atoms with Crippen LogP contribution in [-0.2, 0) is 30.8 Å². The van der Waals surface area contributed by atoms with Crippen molar-refractivity contribution in [3.05, 3.63) is 59.2 Å². The second-order valence-corrected chi connectivity index (χ2v) is 9.52. The number of fused-ring (bicyclic) bond motifs is 1. The highest BCUT2D eigenvalue weighted by atomic mass is 32.2. The Kier molecular flexibility index (Phi) is 5.58. The third kappa shape index (κ3) is 4.27. The molecule has 170 valence electrons. The molecule has 1 fully saturated rings. The van der Waals surface area contributed by atoms with Gasteiger partial charge >= 0.3 is 0 Å². The minimum Gasteiger partial charge on any atom is -0.300 e. The van der Waals surface area contributed by atoms with Crippen LogP contribution in [0, 0.1) is 0 Å². The van der Waals surface area contributed by atoms with Crippen molar-refractivity contribution in [2.75, 3.05) is 4.72 Å². The van der Waals surface area contributed by atoms with Crippen LogP contribution in [0.15, 0.2) is 47.4 Å². The molecule has 2 aliphatic rings. The zero-order chi connectivity index (χ0) is 23.9. The van der Waals surface area contributed by atoms with Crippen LogP contribution < -0.4 is 10.0 Å². The Hall–Kier alpha value is -3.86. The number of ketones is 1. The van der Waals surface area contributed by atoms with Crippen LogP contribution in [-0.4, -0.2) is 48.8 Å². The number of carbonyl (C=O) groups is 5. The number of benzene rings is 2. The molecule has 0 radical (unpaired) electrons. The highest BCUT2D eigenvalue weighted by Gasteiger charge is 2.44. The van der Waals surface area contributed by atoms with Gasteiger partial charge in [0.25, 0.3) is 21.8 Å². The highest BCUT2D eigenvalue weighted by molar-refractivity contribution is 7.92. The van der Waals surface area contributed by atoms with E-state index in [4.69, 9.17) is 0 Å². The normalized spacial score (nSPS) is 18.2. The second-order valence-electron chi connectivity index (χ2n) is 7.84. The molecule has 2 aromatic rings. The average Bonchev–Trinajstić information content (AvgIpc) is 2.98. The molecule has 0 bridgehead atoms. The van der Waals surface area contributed by atoms with Gasteiger partial charge in [-0.1, -0.05) is 12.1 Å². The van der Waals surface area contributed by atoms with Crippen LogP contribution in [0.1, 0.15) is 46.0 Å². The number of nitrogens with zero attached hydrogens (tertiary/aromatic N) is 1. The molecular weight excluding hydrogens is 450 g/mol. The van der Waals surface area contributed by atoms with Crippen LogP contribution in [0.4, 0.5) is 5.69 Å². The summed E-state index contributed by atoms with van der Waals surface area (Å²) in [6.45, 7) is 1.44. The number of hydrogen-bond donors (Lipinski definition) is 2. The van der Waals surface area contributed by atoms with Crippen molar-refractivity contribution in [3.63, 3.8) is 0 Å². The van der Waals surface area contributed by atoms with Crippen molar-refractivity contribution in [3.8, 4) is 0 Å². The molecular formula is C22H19N3O7S. The first-order valence-electron chi connectivity index (χ1n) is 10.0. The van der Waals surface area contributed by atoms with E-state index in [0.29, 0.717) is 5.56 Å². The maximum absolute atomic E-state index is 12.9. The Morgan fingerprint density at radius 2 is 1.70 bits per heavy atom. The van der Waals surface area contributed by atoms with E-state index in [2.05, 4.69) is 10.0 Å². The quantitative estimate of drug-likeness (QED) is 0.601. The summed E-state index contributed by atoms with van der Waals surface area (Å²) in [4.78, 5) is 61.1. The van der Waals surface area contributed by atoms with Crippen molar-refractivity contribution in [1.29, 1.82) is 0 Å². The van der Waals surface area contributed by atoms with Crippen LogP contribution in [0.3, 0.4) is 0 Å². The third-order valence-electron chi connectivity index (χ3n) is 5.38. The number of imide groups is 2. The first-order valence-corrected chi connectivity index (χ1v) is 11.5. The molecule has 2 aromatic carbocycles. The van der Waals surface area contributed by atoms with E-state index in [0.717, 1.165) is 4.90 Å². The molecule has 2 heterocycles. The summed E-state index contributed by atoms with van der Waals surface area (Å²) in [5, 5.41) is 2.11. The van der Waals surface area contributed by atoms with Crippen LogP contribution in [0.2, 0.25) is 0 Å². The molecule has 1 atom stereocenters. The molecule has 1 saturated heterocycles. The number of carbonyl (C=O) groups excluding carboxylic acids is 5. The number of sulfonamides is 1. The average molecular weight is 469 g/mol. The summed E-state index contributed by atoms with van der Waals surface area (Å²) in [6.07, 6.45) is 0.216. The zero-order valence-electron chi connectivity index (χ0n) is 17.5. The topological polar surface area (TPSA) is 147 Å². The van der Waals surface area contributed by atoms with Crippen molar-refractivity contribution >= 4 is 45.1 Å². The smallest absolute Gasteiger partial charge is 0.262 e. The van der Waals surface area contributed by atoms with Crippen molar-refractivity contribution in [2.45, 2.75) is 37.1 Å². The molecule has 2 aliphatic heterocycles. The monoisotopic (exact) mass is 469 g/mol. The summed E-state index contributed by atoms with van der Waals surface area (Å²) in [5.74, 6) is -2.67. The van der Waals surface area contributed by atoms with Gasteiger partial charge in [0.15, 0.2) is 0 Å². The van der Waals surface area contributed by atoms with Crippen LogP contribution >= 0.6 is 0 Å². The van der Waals surface area contributed by atoms with Crippen molar-refractivity contribution in [1.82, 2.24) is 10.2 Å². The number of hydrogen-bond acceptors (Lipinski definition) is 7. The lowest BCUT2D eigenvalue weighted by molar-refractivity contribution is -0.136. The van der Waals surface area contributed by atoms with Gasteiger partial charge in [-0.15, -0.1) is 0 Å². The van der Waals surface area contributed by atoms with E-state index in [1.54, 1.807) is 12.1 Å². The summed E-state index contributed by atoms with van der Waals surface area (Å²) < 4.78 is 27.9. The van der Waals surface area contributed by atoms with Gasteiger partial charge in [0, 0.05) is 18.5 Å². The number of rotatable bonds is 6. The molecule has 4 amide bonds. The minimum atomic E-state index is -4.00. The molecule has 10 nitrogen and oxygen atoms in total. The molecule has 11 heteroatoms. The standard InChI is InChI=1S/C22H19N3O7S/c1-12(26)10-13-2-5-15(6-3-13)33(31,32)24-14-4-7-16-17(11-14)22(30)25(21(16)29)18-8-9-19(27)23-20(18)28/h2-7,11,18,24H,8-10H2,1H3,(H,23,27,28). The van der Waals surface area contributed by atoms with Crippen molar-refractivity contribution in [2.24, 2.45) is 0 Å². The van der Waals surface area contributed by atoms with Gasteiger partial charge in [-0.25, -0.2) is 8.42 Å². The Labute approximate surface area is 189 Å². The lowest BCUT2D eigenvalue weighted by Gasteiger charge is -2.27. The van der Waals surface area contributed by atoms with Crippen LogP contribution in [0.25, 0.3) is 0 Å². The fourth-order valence-corrected chi connectivity index (χ4v) is 4.87. The largest absolute Gasteiger partial charge is 0.300 e. The lowest BCUT2D eigenvalue weighted by atomic mass is 10.0. The van der Waals surface area contributed by atoms with Gasteiger partial charge in [-0.3, -0.25) is 38.9 Å². The highest BCUT2D eigenvalue weighted by Crippen LogP contribution is 2.30. The number of nitrogens with one attached hydrogen (secondary N) is 2. The van der Waals surface area contributed by atoms with E-state index >= 15 is 0 Å². The van der Waals surface area contributed by atoms with Crippen molar-refractivity contribution < 1.29 is 32.4 Å². The van der Waals surface area contributed by atoms with Gasteiger partial charge in [0.1, 0.15) is 11.8 Å². The summed E-state index contributed by atoms with van der Waals surface area (Å²) in [7, 11) is -4.00. The van der Waals surface area contributed by atoms with E-state index in [-0.39, 0.29) is 46.8 Å². The summed E-state index contributed by atoms with van der Waals surface area (Å²) in [6, 6.07) is 8.61. The first kappa shape index (κ1) is 22.3. The summed E-state index contributed by atoms with van der Waals surface area (Å²) in [5.41, 5.74) is 0.743. The van der Waals surface area contributed by atoms with E-state index < -0.39 is 39.7 Å². The molecule has 2 N–H and O–H groups in total. The molecule has 0 saturated carbocycles. The van der Waals surface area contributed by atoms with Gasteiger partial charge in [0.05, 0.1) is 16.0 Å². The molecule has 0 aliphatic carbocycles. The molecule has 0 spiro atoms. The van der Waals surface area contributed by atoms with Gasteiger partial charge in [-0.05, 0) is 49.2 Å². The Balaban J connectivity index is 1.56. The minimum absolute atomic E-state index is 0.0000669. The number of amides is 4. The fourth-order valence-electron chi connectivity index (χ4n) is 3.82. The number of Topliss-reactive ketones (excluding diaryl/α,β-unsaturated/α-hetero) is 1. The maximum Gasteiger partial charge on any atom is 0.262 e. The van der Waals surface area contributed by atoms with E-state index in [1.165, 1.54) is 37.3 Å². The molecule has 33 heavy (non-hydrogen) atoms. The predicted octanol–water partition coefficient (Wildman–Crippen LogP) is 1.02. The molecule has 0 aromatic heterocycles. The van der Waals surface area contributed by atoms with E-state index in [1.807, 2.05) is 0 Å². The maximum atomic E-state index is 12.9. The third-order valence-corrected chi connectivity index (χ3v) is 6.78. The number of piperidine rings is 1. The Morgan fingerprint density at radius 1 is 1.03 bits per heavy atom. The van der Waals surface area contributed by atoms with E-state index in [9.17, 15) is 32.4 Å². The van der Waals surface area contributed by atoms with Gasteiger partial charge in [-0.2, -0.15) is 0 Å². The second kappa shape index (κ2) is 8.24. The Bertz CT molecular complexity index is 1320. The van der Waals surface area contributed by atoms with Gasteiger partial charge in [0.2, 0.25) is 11.8 Å².